The molecule has 1 aromatic heterocycles. The monoisotopic (exact) mass is 397 g/mol. The maximum atomic E-state index is 9.93. The second-order valence-electron chi connectivity index (χ2n) is 6.54. The lowest BCUT2D eigenvalue weighted by Crippen LogP contribution is -2.31. The number of carbonyl (C=O) groups is 1. The van der Waals surface area contributed by atoms with Crippen molar-refractivity contribution < 1.29 is 20.1 Å². The van der Waals surface area contributed by atoms with Crippen LogP contribution in [0.3, 0.4) is 0 Å². The Labute approximate surface area is 167 Å². The van der Waals surface area contributed by atoms with Gasteiger partial charge in [0.25, 0.3) is 5.97 Å². The molecule has 0 unspecified atom stereocenters. The number of carboxylic acids is 1. The molecule has 0 fully saturated rings. The number of aliphatic hydroxyl groups excluding tert-OH is 2. The highest BCUT2D eigenvalue weighted by molar-refractivity contribution is 7.12. The Morgan fingerprint density at radius 1 is 1.15 bits per heavy atom. The third-order valence-corrected chi connectivity index (χ3v) is 4.97. The van der Waals surface area contributed by atoms with Crippen molar-refractivity contribution in [3.05, 3.63) is 21.9 Å². The molecule has 0 spiro atoms. The van der Waals surface area contributed by atoms with E-state index < -0.39 is 18.1 Å². The lowest BCUT2D eigenvalue weighted by atomic mass is 10.1. The largest absolute Gasteiger partial charge is 0.481 e. The first-order chi connectivity index (χ1) is 12.9. The van der Waals surface area contributed by atoms with Gasteiger partial charge in [0.2, 0.25) is 0 Å². The first kappa shape index (κ1) is 25.6. The van der Waals surface area contributed by atoms with Gasteiger partial charge in [0, 0.05) is 18.2 Å². The minimum atomic E-state index is -0.833. The standard InChI is InChI=1S/C19H31NO2S.C2H4O2/c1-2-3-4-5-6-7-8-9-10-11-12-16-13-14-18(23-16)19(22)17(20)15-21;1-2(3)4/h13-14,17,19,21-22H,2-10,15,20H2,1H3;1H3,(H,3,4)/t17-,19-;/m0./s1. The van der Waals surface area contributed by atoms with Crippen LogP contribution in [0, 0.1) is 11.8 Å². The van der Waals surface area contributed by atoms with E-state index in [4.69, 9.17) is 20.7 Å². The Morgan fingerprint density at radius 2 is 1.70 bits per heavy atom. The first-order valence-corrected chi connectivity index (χ1v) is 10.6. The van der Waals surface area contributed by atoms with Crippen LogP contribution in [-0.2, 0) is 4.79 Å². The Kier molecular flexibility index (Phi) is 15.9. The van der Waals surface area contributed by atoms with Crippen LogP contribution in [0.4, 0.5) is 0 Å². The van der Waals surface area contributed by atoms with Crippen molar-refractivity contribution in [2.45, 2.75) is 83.8 Å². The summed E-state index contributed by atoms with van der Waals surface area (Å²) in [6.07, 6.45) is 10.6. The van der Waals surface area contributed by atoms with Gasteiger partial charge in [-0.3, -0.25) is 4.79 Å². The van der Waals surface area contributed by atoms with Gasteiger partial charge in [-0.05, 0) is 18.6 Å². The van der Waals surface area contributed by atoms with Crippen molar-refractivity contribution in [1.82, 2.24) is 0 Å². The molecule has 2 atom stereocenters. The molecule has 1 aromatic rings. The van der Waals surface area contributed by atoms with E-state index in [0.29, 0.717) is 0 Å². The molecule has 0 aliphatic heterocycles. The third-order valence-electron chi connectivity index (χ3n) is 3.90. The van der Waals surface area contributed by atoms with Crippen LogP contribution in [0.25, 0.3) is 0 Å². The molecular weight excluding hydrogens is 362 g/mol. The molecule has 27 heavy (non-hydrogen) atoms. The Hall–Kier alpha value is -1.39. The van der Waals surface area contributed by atoms with Crippen LogP contribution in [0.2, 0.25) is 0 Å². The number of aliphatic hydroxyl groups is 2. The van der Waals surface area contributed by atoms with Gasteiger partial charge in [-0.15, -0.1) is 11.3 Å². The minimum absolute atomic E-state index is 0.224. The van der Waals surface area contributed by atoms with Crippen molar-refractivity contribution in [1.29, 1.82) is 0 Å². The number of rotatable bonds is 11. The lowest BCUT2D eigenvalue weighted by Gasteiger charge is -2.14. The van der Waals surface area contributed by atoms with Gasteiger partial charge >= 0.3 is 0 Å². The normalized spacial score (nSPS) is 12.3. The molecule has 1 rings (SSSR count). The summed E-state index contributed by atoms with van der Waals surface area (Å²) >= 11 is 1.45. The van der Waals surface area contributed by atoms with Crippen molar-refractivity contribution in [3.63, 3.8) is 0 Å². The number of aliphatic carboxylic acids is 1. The average molecular weight is 398 g/mol. The number of carboxylic acid groups (broad SMARTS) is 1. The predicted molar refractivity (Wildman–Crippen MR) is 112 cm³/mol. The van der Waals surface area contributed by atoms with Crippen LogP contribution in [0.5, 0.6) is 0 Å². The molecule has 0 aliphatic carbocycles. The molecule has 1 heterocycles. The molecule has 5 N–H and O–H groups in total. The summed E-state index contributed by atoms with van der Waals surface area (Å²) in [4.78, 5) is 10.7. The second kappa shape index (κ2) is 16.8. The number of hydrogen-bond donors (Lipinski definition) is 4. The van der Waals surface area contributed by atoms with Gasteiger partial charge in [-0.25, -0.2) is 0 Å². The van der Waals surface area contributed by atoms with Crippen molar-refractivity contribution in [2.24, 2.45) is 5.73 Å². The van der Waals surface area contributed by atoms with Gasteiger partial charge in [-0.2, -0.15) is 0 Å². The highest BCUT2D eigenvalue weighted by Crippen LogP contribution is 2.24. The zero-order valence-corrected chi connectivity index (χ0v) is 17.4. The molecule has 0 aromatic carbocycles. The van der Waals surface area contributed by atoms with Gasteiger partial charge in [0.1, 0.15) is 6.10 Å². The fraction of sp³-hybridized carbons (Fsp3) is 0.667. The summed E-state index contributed by atoms with van der Waals surface area (Å²) in [7, 11) is 0. The molecule has 0 bridgehead atoms. The smallest absolute Gasteiger partial charge is 0.300 e. The average Bonchev–Trinajstić information content (AvgIpc) is 3.10. The molecule has 0 saturated heterocycles. The summed E-state index contributed by atoms with van der Waals surface area (Å²) in [5.74, 6) is 5.52. The molecule has 0 radical (unpaired) electrons. The summed E-state index contributed by atoms with van der Waals surface area (Å²) in [5.41, 5.74) is 5.63. The molecule has 0 saturated carbocycles. The molecule has 0 aliphatic rings. The molecule has 0 amide bonds. The van der Waals surface area contributed by atoms with E-state index in [0.717, 1.165) is 29.5 Å². The minimum Gasteiger partial charge on any atom is -0.481 e. The van der Waals surface area contributed by atoms with E-state index in [1.54, 1.807) is 0 Å². The highest BCUT2D eigenvalue weighted by atomic mass is 32.1. The maximum Gasteiger partial charge on any atom is 0.300 e. The van der Waals surface area contributed by atoms with Crippen LogP contribution in [0.1, 0.15) is 87.5 Å². The topological polar surface area (TPSA) is 104 Å². The molecule has 154 valence electrons. The maximum absolute atomic E-state index is 9.93. The fourth-order valence-corrected chi connectivity index (χ4v) is 3.33. The fourth-order valence-electron chi connectivity index (χ4n) is 2.39. The van der Waals surface area contributed by atoms with Gasteiger partial charge in [-0.1, -0.05) is 63.7 Å². The van der Waals surface area contributed by atoms with Gasteiger partial charge < -0.3 is 21.1 Å². The molecular formula is C21H35NO4S. The van der Waals surface area contributed by atoms with Crippen molar-refractivity contribution in [2.75, 3.05) is 6.61 Å². The quantitative estimate of drug-likeness (QED) is 0.333. The van der Waals surface area contributed by atoms with Crippen LogP contribution < -0.4 is 5.73 Å². The van der Waals surface area contributed by atoms with E-state index in [-0.39, 0.29) is 6.61 Å². The van der Waals surface area contributed by atoms with Gasteiger partial charge in [0.15, 0.2) is 0 Å². The van der Waals surface area contributed by atoms with Crippen LogP contribution in [-0.4, -0.2) is 33.9 Å². The summed E-state index contributed by atoms with van der Waals surface area (Å²) in [6.45, 7) is 3.11. The summed E-state index contributed by atoms with van der Waals surface area (Å²) in [5, 5.41) is 26.3. The number of thiophene rings is 1. The second-order valence-corrected chi connectivity index (χ2v) is 7.65. The lowest BCUT2D eigenvalue weighted by molar-refractivity contribution is -0.134. The van der Waals surface area contributed by atoms with Crippen LogP contribution >= 0.6 is 11.3 Å². The zero-order valence-electron chi connectivity index (χ0n) is 16.6. The van der Waals surface area contributed by atoms with E-state index >= 15 is 0 Å². The summed E-state index contributed by atoms with van der Waals surface area (Å²) < 4.78 is 0. The molecule has 6 heteroatoms. The van der Waals surface area contributed by atoms with Crippen molar-refractivity contribution >= 4 is 17.3 Å². The molecule has 5 nitrogen and oxygen atoms in total. The Bertz CT molecular complexity index is 558. The Morgan fingerprint density at radius 3 is 2.26 bits per heavy atom. The summed E-state index contributed by atoms with van der Waals surface area (Å²) in [6, 6.07) is 3.12. The third kappa shape index (κ3) is 14.3. The van der Waals surface area contributed by atoms with Crippen molar-refractivity contribution in [3.8, 4) is 11.8 Å². The number of hydrogen-bond acceptors (Lipinski definition) is 5. The number of nitrogens with two attached hydrogens (primary N) is 1. The van der Waals surface area contributed by atoms with E-state index in [2.05, 4.69) is 18.8 Å². The zero-order chi connectivity index (χ0) is 20.5. The van der Waals surface area contributed by atoms with E-state index in [1.807, 2.05) is 12.1 Å². The van der Waals surface area contributed by atoms with Crippen LogP contribution in [0.15, 0.2) is 12.1 Å². The first-order valence-electron chi connectivity index (χ1n) is 9.75. The highest BCUT2D eigenvalue weighted by Gasteiger charge is 2.17. The van der Waals surface area contributed by atoms with Gasteiger partial charge in [0.05, 0.1) is 17.5 Å². The predicted octanol–water partition coefficient (Wildman–Crippen LogP) is 4.07. The van der Waals surface area contributed by atoms with E-state index in [1.165, 1.54) is 56.3 Å². The Balaban J connectivity index is 0.00000153. The SMILES string of the molecule is CC(=O)O.CCCCCCCCCCC#Cc1ccc([C@@H](O)[C@@H](N)CO)s1. The number of unbranched alkanes of at least 4 members (excludes halogenated alkanes) is 8. The van der Waals surface area contributed by atoms with E-state index in [9.17, 15) is 5.11 Å².